The molecule has 2 aromatic rings. The summed E-state index contributed by atoms with van der Waals surface area (Å²) in [4.78, 5) is 17.5. The van der Waals surface area contributed by atoms with Gasteiger partial charge in [-0.2, -0.15) is 4.31 Å². The van der Waals surface area contributed by atoms with E-state index in [1.54, 1.807) is 18.2 Å². The van der Waals surface area contributed by atoms with Crippen molar-refractivity contribution in [3.05, 3.63) is 59.7 Å². The summed E-state index contributed by atoms with van der Waals surface area (Å²) in [5.74, 6) is -0.281. The highest BCUT2D eigenvalue weighted by Gasteiger charge is 2.28. The third-order valence-electron chi connectivity index (χ3n) is 6.41. The number of piperazine rings is 1. The Morgan fingerprint density at radius 3 is 2.25 bits per heavy atom. The summed E-state index contributed by atoms with van der Waals surface area (Å²) >= 11 is 0. The van der Waals surface area contributed by atoms with Gasteiger partial charge in [0.25, 0.3) is 5.91 Å². The van der Waals surface area contributed by atoms with Gasteiger partial charge >= 0.3 is 0 Å². The minimum atomic E-state index is -3.61. The number of nitrogens with zero attached hydrogens (tertiary/aromatic N) is 3. The van der Waals surface area contributed by atoms with Gasteiger partial charge in [-0.25, -0.2) is 8.42 Å². The molecular formula is C24H32N4O3S. The fourth-order valence-corrected chi connectivity index (χ4v) is 5.76. The van der Waals surface area contributed by atoms with Crippen molar-refractivity contribution in [1.82, 2.24) is 14.5 Å². The van der Waals surface area contributed by atoms with Crippen LogP contribution < -0.4 is 10.2 Å². The van der Waals surface area contributed by atoms with Crippen molar-refractivity contribution in [2.45, 2.75) is 30.7 Å². The van der Waals surface area contributed by atoms with Crippen molar-refractivity contribution in [3.63, 3.8) is 0 Å². The van der Waals surface area contributed by atoms with Crippen LogP contribution in [-0.4, -0.2) is 69.8 Å². The predicted molar refractivity (Wildman–Crippen MR) is 126 cm³/mol. The Labute approximate surface area is 191 Å². The first kappa shape index (κ1) is 22.8. The molecule has 0 spiro atoms. The van der Waals surface area contributed by atoms with Gasteiger partial charge in [0.05, 0.1) is 10.9 Å². The SMILES string of the molecule is C[C@@H](NC(=O)c1cccc(S(=O)(=O)N2CCN(C)CC2)c1)c1ccc(N2CCCC2)cc1. The monoisotopic (exact) mass is 456 g/mol. The Morgan fingerprint density at radius 2 is 1.59 bits per heavy atom. The molecule has 0 bridgehead atoms. The second-order valence-corrected chi connectivity index (χ2v) is 10.7. The highest BCUT2D eigenvalue weighted by molar-refractivity contribution is 7.89. The van der Waals surface area contributed by atoms with Crippen molar-refractivity contribution >= 4 is 21.6 Å². The zero-order chi connectivity index (χ0) is 22.7. The fourth-order valence-electron chi connectivity index (χ4n) is 4.29. The Morgan fingerprint density at radius 1 is 0.938 bits per heavy atom. The molecule has 2 fully saturated rings. The molecule has 1 atom stereocenters. The van der Waals surface area contributed by atoms with Crippen molar-refractivity contribution in [2.75, 3.05) is 51.2 Å². The van der Waals surface area contributed by atoms with Crippen LogP contribution in [0.2, 0.25) is 0 Å². The lowest BCUT2D eigenvalue weighted by atomic mass is 10.1. The molecule has 1 N–H and O–H groups in total. The van der Waals surface area contributed by atoms with Crippen molar-refractivity contribution < 1.29 is 13.2 Å². The molecule has 2 aliphatic rings. The lowest BCUT2D eigenvalue weighted by molar-refractivity contribution is 0.0939. The van der Waals surface area contributed by atoms with E-state index in [1.807, 2.05) is 26.1 Å². The minimum absolute atomic E-state index is 0.164. The number of carbonyl (C=O) groups excluding carboxylic acids is 1. The smallest absolute Gasteiger partial charge is 0.251 e. The highest BCUT2D eigenvalue weighted by atomic mass is 32.2. The number of anilines is 1. The topological polar surface area (TPSA) is 73.0 Å². The van der Waals surface area contributed by atoms with Gasteiger partial charge in [0.1, 0.15) is 0 Å². The van der Waals surface area contributed by atoms with Crippen molar-refractivity contribution in [2.24, 2.45) is 0 Å². The Bertz CT molecular complexity index is 1040. The zero-order valence-corrected chi connectivity index (χ0v) is 19.6. The Balaban J connectivity index is 1.43. The maximum absolute atomic E-state index is 13.0. The normalized spacial score (nSPS) is 19.1. The van der Waals surface area contributed by atoms with Crippen LogP contribution in [0.4, 0.5) is 5.69 Å². The molecule has 2 saturated heterocycles. The quantitative estimate of drug-likeness (QED) is 0.724. The molecule has 32 heavy (non-hydrogen) atoms. The van der Waals surface area contributed by atoms with E-state index < -0.39 is 10.0 Å². The number of rotatable bonds is 6. The second-order valence-electron chi connectivity index (χ2n) is 8.72. The molecule has 0 saturated carbocycles. The van der Waals surface area contributed by atoms with E-state index in [9.17, 15) is 13.2 Å². The first-order chi connectivity index (χ1) is 15.3. The van der Waals surface area contributed by atoms with Crippen molar-refractivity contribution in [1.29, 1.82) is 0 Å². The summed E-state index contributed by atoms with van der Waals surface area (Å²) in [6, 6.07) is 14.4. The van der Waals surface area contributed by atoms with Crippen LogP contribution in [0.15, 0.2) is 53.4 Å². The molecule has 2 aromatic carbocycles. The molecule has 0 unspecified atom stereocenters. The average molecular weight is 457 g/mol. The highest BCUT2D eigenvalue weighted by Crippen LogP contribution is 2.23. The van der Waals surface area contributed by atoms with Crippen LogP contribution in [-0.2, 0) is 10.0 Å². The van der Waals surface area contributed by atoms with E-state index in [0.717, 1.165) is 18.7 Å². The molecule has 0 aromatic heterocycles. The number of carbonyl (C=O) groups is 1. The number of likely N-dealkylation sites (N-methyl/N-ethyl adjacent to an activating group) is 1. The largest absolute Gasteiger partial charge is 0.372 e. The summed E-state index contributed by atoms with van der Waals surface area (Å²) in [6.45, 7) is 6.45. The van der Waals surface area contributed by atoms with Crippen LogP contribution >= 0.6 is 0 Å². The second kappa shape index (κ2) is 9.60. The molecule has 2 heterocycles. The minimum Gasteiger partial charge on any atom is -0.372 e. The third kappa shape index (κ3) is 4.98. The van der Waals surface area contributed by atoms with Crippen LogP contribution in [0.5, 0.6) is 0 Å². The van der Waals surface area contributed by atoms with Crippen molar-refractivity contribution in [3.8, 4) is 0 Å². The summed E-state index contributed by atoms with van der Waals surface area (Å²) in [5, 5.41) is 3.00. The van der Waals surface area contributed by atoms with Crippen LogP contribution in [0, 0.1) is 0 Å². The Kier molecular flexibility index (Phi) is 6.83. The van der Waals surface area contributed by atoms with E-state index in [1.165, 1.54) is 28.9 Å². The van der Waals surface area contributed by atoms with Gasteiger partial charge in [0, 0.05) is 50.5 Å². The van der Waals surface area contributed by atoms with Gasteiger partial charge < -0.3 is 15.1 Å². The number of hydrogen-bond acceptors (Lipinski definition) is 5. The lowest BCUT2D eigenvalue weighted by Crippen LogP contribution is -2.47. The number of hydrogen-bond donors (Lipinski definition) is 1. The van der Waals surface area contributed by atoms with Crippen LogP contribution in [0.3, 0.4) is 0 Å². The first-order valence-corrected chi connectivity index (χ1v) is 12.7. The number of nitrogens with one attached hydrogen (secondary N) is 1. The molecule has 2 aliphatic heterocycles. The van der Waals surface area contributed by atoms with E-state index >= 15 is 0 Å². The summed E-state index contributed by atoms with van der Waals surface area (Å²) < 4.78 is 27.5. The molecule has 1 amide bonds. The van der Waals surface area contributed by atoms with E-state index in [4.69, 9.17) is 0 Å². The zero-order valence-electron chi connectivity index (χ0n) is 18.8. The maximum atomic E-state index is 13.0. The molecule has 4 rings (SSSR count). The first-order valence-electron chi connectivity index (χ1n) is 11.3. The molecular weight excluding hydrogens is 424 g/mol. The van der Waals surface area contributed by atoms with Gasteiger partial charge in [-0.3, -0.25) is 4.79 Å². The standard InChI is InChI=1S/C24H32N4O3S/c1-19(20-8-10-22(11-9-20)27-12-3-4-13-27)25-24(29)21-6-5-7-23(18-21)32(30,31)28-16-14-26(2)15-17-28/h5-11,18-19H,3-4,12-17H2,1-2H3,(H,25,29)/t19-/m1/s1. The third-order valence-corrected chi connectivity index (χ3v) is 8.30. The van der Waals surface area contributed by atoms with Crippen LogP contribution in [0.25, 0.3) is 0 Å². The summed E-state index contributed by atoms with van der Waals surface area (Å²) in [6.07, 6.45) is 2.47. The predicted octanol–water partition coefficient (Wildman–Crippen LogP) is 2.71. The number of sulfonamides is 1. The molecule has 0 radical (unpaired) electrons. The molecule has 7 nitrogen and oxygen atoms in total. The van der Waals surface area contributed by atoms with E-state index in [0.29, 0.717) is 31.7 Å². The number of benzene rings is 2. The number of amides is 1. The fraction of sp³-hybridized carbons (Fsp3) is 0.458. The van der Waals surface area contributed by atoms with Gasteiger partial charge in [-0.1, -0.05) is 18.2 Å². The van der Waals surface area contributed by atoms with Gasteiger partial charge in [-0.05, 0) is 62.7 Å². The Hall–Kier alpha value is -2.42. The summed E-state index contributed by atoms with van der Waals surface area (Å²) in [5.41, 5.74) is 2.58. The molecule has 172 valence electrons. The van der Waals surface area contributed by atoms with Gasteiger partial charge in [0.2, 0.25) is 10.0 Å². The van der Waals surface area contributed by atoms with Crippen LogP contribution in [0.1, 0.15) is 41.7 Å². The van der Waals surface area contributed by atoms with E-state index in [-0.39, 0.29) is 16.8 Å². The van der Waals surface area contributed by atoms with E-state index in [2.05, 4.69) is 27.2 Å². The van der Waals surface area contributed by atoms with Gasteiger partial charge in [0.15, 0.2) is 0 Å². The van der Waals surface area contributed by atoms with Gasteiger partial charge in [-0.15, -0.1) is 0 Å². The summed E-state index contributed by atoms with van der Waals surface area (Å²) in [7, 11) is -1.63. The maximum Gasteiger partial charge on any atom is 0.251 e. The average Bonchev–Trinajstić information content (AvgIpc) is 3.34. The molecule has 0 aliphatic carbocycles. The molecule has 8 heteroatoms. The lowest BCUT2D eigenvalue weighted by Gasteiger charge is -2.31.